The predicted molar refractivity (Wildman–Crippen MR) is 175 cm³/mol. The number of carbonyl (C=O) groups excluding carboxylic acids is 1. The average molecular weight is 659 g/mol. The summed E-state index contributed by atoms with van der Waals surface area (Å²) in [7, 11) is -2.02. The number of rotatable bonds is 9. The van der Waals surface area contributed by atoms with Crippen LogP contribution in [0.25, 0.3) is 6.08 Å². The normalized spacial score (nSPS) is 11.5. The van der Waals surface area contributed by atoms with Crippen molar-refractivity contribution >= 4 is 67.9 Å². The van der Waals surface area contributed by atoms with Gasteiger partial charge in [0.1, 0.15) is 40.9 Å². The van der Waals surface area contributed by atoms with Gasteiger partial charge in [-0.15, -0.1) is 17.0 Å². The highest BCUT2D eigenvalue weighted by molar-refractivity contribution is 9.10. The number of benzene rings is 4. The minimum absolute atomic E-state index is 0. The van der Waals surface area contributed by atoms with Crippen LogP contribution in [0.4, 0.5) is 0 Å². The summed E-state index contributed by atoms with van der Waals surface area (Å²) in [4.78, 5) is 12.4. The Kier molecular flexibility index (Phi) is 10.1. The lowest BCUT2D eigenvalue weighted by Crippen LogP contribution is -2.32. The van der Waals surface area contributed by atoms with Crippen LogP contribution in [-0.2, 0) is 6.16 Å². The maximum absolute atomic E-state index is 12.4. The summed E-state index contributed by atoms with van der Waals surface area (Å²) in [5.74, 6) is 1.66. The summed E-state index contributed by atoms with van der Waals surface area (Å²) >= 11 is 3.39. The summed E-state index contributed by atoms with van der Waals surface area (Å²) in [5, 5.41) is 3.96. The van der Waals surface area contributed by atoms with Crippen LogP contribution >= 0.6 is 40.2 Å². The summed E-state index contributed by atoms with van der Waals surface area (Å²) in [6.45, 7) is 0. The largest absolute Gasteiger partial charge is 0.458 e. The van der Waals surface area contributed by atoms with Crippen molar-refractivity contribution in [2.75, 3.05) is 0 Å². The Balaban J connectivity index is 0.00000353. The molecule has 1 heterocycles. The van der Waals surface area contributed by atoms with Gasteiger partial charge in [0.05, 0.1) is 0 Å². The molecule has 0 saturated carbocycles. The first-order valence-corrected chi connectivity index (χ1v) is 15.2. The second-order valence-corrected chi connectivity index (χ2v) is 13.3. The zero-order valence-corrected chi connectivity index (χ0v) is 25.4. The highest BCUT2D eigenvalue weighted by atomic mass is 79.9. The maximum atomic E-state index is 12.4. The van der Waals surface area contributed by atoms with Crippen LogP contribution in [0.15, 0.2) is 155 Å². The second kappa shape index (κ2) is 13.7. The van der Waals surface area contributed by atoms with Crippen molar-refractivity contribution in [1.29, 1.82) is 0 Å². The third-order valence-electron chi connectivity index (χ3n) is 6.41. The van der Waals surface area contributed by atoms with E-state index in [-0.39, 0.29) is 22.8 Å². The third kappa shape index (κ3) is 6.83. The zero-order chi connectivity index (χ0) is 26.2. The number of ketones is 1. The van der Waals surface area contributed by atoms with Crippen molar-refractivity contribution in [3.8, 4) is 0 Å². The molecule has 5 rings (SSSR count). The van der Waals surface area contributed by atoms with E-state index in [9.17, 15) is 4.79 Å². The lowest BCUT2D eigenvalue weighted by atomic mass is 10.1. The van der Waals surface area contributed by atoms with E-state index in [0.717, 1.165) is 22.2 Å². The Bertz CT molecular complexity index is 1450. The third-order valence-corrected chi connectivity index (χ3v) is 11.3. The van der Waals surface area contributed by atoms with Gasteiger partial charge < -0.3 is 4.42 Å². The topological polar surface area (TPSA) is 30.2 Å². The number of halogens is 2. The Morgan fingerprint density at radius 1 is 0.667 bits per heavy atom. The predicted octanol–water partition coefficient (Wildman–Crippen LogP) is 8.57. The minimum Gasteiger partial charge on any atom is -0.458 e. The molecule has 4 aromatic carbocycles. The van der Waals surface area contributed by atoms with Crippen molar-refractivity contribution in [3.05, 3.63) is 167 Å². The first-order valence-electron chi connectivity index (χ1n) is 12.4. The smallest absolute Gasteiger partial charge is 0.185 e. The Morgan fingerprint density at radius 2 is 1.18 bits per heavy atom. The molecule has 0 N–H and O–H groups in total. The molecule has 0 saturated heterocycles. The number of hydrogen-bond acceptors (Lipinski definition) is 2. The highest BCUT2D eigenvalue weighted by Gasteiger charge is 2.46. The van der Waals surface area contributed by atoms with E-state index in [0.29, 0.717) is 5.56 Å². The summed E-state index contributed by atoms with van der Waals surface area (Å²) in [6.07, 6.45) is 7.83. The molecular formula is C34H28Br2O2P+. The molecule has 0 unspecified atom stereocenters. The van der Waals surface area contributed by atoms with Crippen LogP contribution in [0.5, 0.6) is 0 Å². The maximum Gasteiger partial charge on any atom is 0.185 e. The van der Waals surface area contributed by atoms with Crippen LogP contribution < -0.4 is 15.9 Å². The fourth-order valence-electron chi connectivity index (χ4n) is 4.58. The van der Waals surface area contributed by atoms with Crippen LogP contribution in [0, 0.1) is 0 Å². The fourth-order valence-corrected chi connectivity index (χ4v) is 8.96. The van der Waals surface area contributed by atoms with Crippen molar-refractivity contribution < 1.29 is 9.21 Å². The van der Waals surface area contributed by atoms with Gasteiger partial charge in [-0.25, -0.2) is 0 Å². The first-order chi connectivity index (χ1) is 18.6. The van der Waals surface area contributed by atoms with Gasteiger partial charge in [0.25, 0.3) is 0 Å². The van der Waals surface area contributed by atoms with E-state index in [4.69, 9.17) is 4.42 Å². The van der Waals surface area contributed by atoms with Crippen molar-refractivity contribution in [2.45, 2.75) is 6.16 Å². The monoisotopic (exact) mass is 657 g/mol. The quantitative estimate of drug-likeness (QED) is 0.0688. The zero-order valence-electron chi connectivity index (χ0n) is 21.2. The minimum atomic E-state index is -2.02. The van der Waals surface area contributed by atoms with E-state index in [2.05, 4.69) is 113 Å². The molecule has 0 radical (unpaired) electrons. The van der Waals surface area contributed by atoms with Crippen LogP contribution in [0.2, 0.25) is 0 Å². The van der Waals surface area contributed by atoms with Gasteiger partial charge in [-0.1, -0.05) is 82.7 Å². The summed E-state index contributed by atoms with van der Waals surface area (Å²) in [6, 6.07) is 43.8. The van der Waals surface area contributed by atoms with Gasteiger partial charge in [-0.05, 0) is 84.9 Å². The second-order valence-electron chi connectivity index (χ2n) is 8.87. The summed E-state index contributed by atoms with van der Waals surface area (Å²) in [5.41, 5.74) is 0.654. The standard InChI is InChI=1S/C34H27BrO2P.BrH/c35-28-22-20-27(21-23-28)34(36)19-11-10-12-29-24-25-30(37-29)26-38(31-13-4-1-5-14-31,32-15-6-2-7-16-32)33-17-8-3-9-18-33;/h1-25H,26H2;1H/q+1;/b12-10-,19-11+;. The molecule has 0 fully saturated rings. The SMILES string of the molecule is Br.O=C(/C=C/C=C\c1ccc(C[P+](c2ccccc2)(c2ccccc2)c2ccccc2)o1)c1ccc(Br)cc1. The van der Waals surface area contributed by atoms with E-state index < -0.39 is 7.26 Å². The molecule has 0 spiro atoms. The molecule has 0 bridgehead atoms. The molecule has 5 heteroatoms. The lowest BCUT2D eigenvalue weighted by molar-refractivity contribution is 0.104. The Hall–Kier alpha value is -3.30. The lowest BCUT2D eigenvalue weighted by Gasteiger charge is -2.26. The van der Waals surface area contributed by atoms with Crippen molar-refractivity contribution in [2.24, 2.45) is 0 Å². The first kappa shape index (κ1) is 28.7. The molecule has 0 amide bonds. The number of furan rings is 1. The van der Waals surface area contributed by atoms with Crippen molar-refractivity contribution in [1.82, 2.24) is 0 Å². The number of carbonyl (C=O) groups is 1. The molecule has 0 aliphatic rings. The van der Waals surface area contributed by atoms with E-state index >= 15 is 0 Å². The number of allylic oxidation sites excluding steroid dienone is 3. The molecular weight excluding hydrogens is 631 g/mol. The Morgan fingerprint density at radius 3 is 1.69 bits per heavy atom. The van der Waals surface area contributed by atoms with Gasteiger partial charge in [0.2, 0.25) is 0 Å². The summed E-state index contributed by atoms with van der Waals surface area (Å²) < 4.78 is 7.27. The van der Waals surface area contributed by atoms with Gasteiger partial charge in [-0.3, -0.25) is 4.79 Å². The molecule has 2 nitrogen and oxygen atoms in total. The van der Waals surface area contributed by atoms with Crippen LogP contribution in [-0.4, -0.2) is 5.78 Å². The van der Waals surface area contributed by atoms with E-state index in [1.54, 1.807) is 24.3 Å². The molecule has 39 heavy (non-hydrogen) atoms. The fraction of sp³-hybridized carbons (Fsp3) is 0.0294. The molecule has 1 aromatic heterocycles. The molecule has 0 atom stereocenters. The number of hydrogen-bond donors (Lipinski definition) is 0. The molecule has 194 valence electrons. The van der Waals surface area contributed by atoms with E-state index in [1.807, 2.05) is 30.4 Å². The molecule has 0 aliphatic heterocycles. The van der Waals surface area contributed by atoms with Crippen LogP contribution in [0.3, 0.4) is 0 Å². The van der Waals surface area contributed by atoms with Gasteiger partial charge in [0.15, 0.2) is 5.78 Å². The average Bonchev–Trinajstić information content (AvgIpc) is 3.43. The van der Waals surface area contributed by atoms with Gasteiger partial charge in [-0.2, -0.15) is 0 Å². The molecule has 5 aromatic rings. The van der Waals surface area contributed by atoms with Gasteiger partial charge in [0, 0.05) is 10.0 Å². The van der Waals surface area contributed by atoms with E-state index in [1.165, 1.54) is 15.9 Å². The highest BCUT2D eigenvalue weighted by Crippen LogP contribution is 2.58. The van der Waals surface area contributed by atoms with Crippen LogP contribution in [0.1, 0.15) is 21.9 Å². The van der Waals surface area contributed by atoms with Gasteiger partial charge >= 0.3 is 0 Å². The molecule has 0 aliphatic carbocycles. The van der Waals surface area contributed by atoms with Crippen molar-refractivity contribution in [3.63, 3.8) is 0 Å². The Labute approximate surface area is 249 Å².